The molecule has 0 aliphatic heterocycles. The van der Waals surface area contributed by atoms with E-state index in [1.165, 1.54) is 0 Å². The van der Waals surface area contributed by atoms with Crippen molar-refractivity contribution >= 4 is 17.6 Å². The molecule has 0 fully saturated rings. The fraction of sp³-hybridized carbons (Fsp3) is 0.500. The van der Waals surface area contributed by atoms with Crippen LogP contribution in [0.5, 0.6) is 0 Å². The highest BCUT2D eigenvalue weighted by atomic mass is 32.2. The van der Waals surface area contributed by atoms with Gasteiger partial charge < -0.3 is 10.8 Å². The lowest BCUT2D eigenvalue weighted by Crippen LogP contribution is -2.04. The Balaban J connectivity index is 2.35. The Hall–Kier alpha value is -0.740. The Morgan fingerprint density at radius 1 is 1.64 bits per heavy atom. The van der Waals surface area contributed by atoms with Crippen LogP contribution in [0.15, 0.2) is 18.3 Å². The third-order valence-electron chi connectivity index (χ3n) is 1.90. The molecule has 1 rings (SSSR count). The standard InChI is InChI=1S/C10H16N2OS/c1-8(5-13)6-14-7-9-3-2-4-12-10(9)11/h2-4,8,13H,5-7H2,1H3,(H2,11,12). The first-order chi connectivity index (χ1) is 6.74. The largest absolute Gasteiger partial charge is 0.396 e. The van der Waals surface area contributed by atoms with Crippen molar-refractivity contribution in [3.8, 4) is 0 Å². The molecule has 0 aromatic carbocycles. The summed E-state index contributed by atoms with van der Waals surface area (Å²) >= 11 is 1.77. The van der Waals surface area contributed by atoms with Gasteiger partial charge in [0.05, 0.1) is 0 Å². The van der Waals surface area contributed by atoms with Gasteiger partial charge in [0.25, 0.3) is 0 Å². The first-order valence-electron chi connectivity index (χ1n) is 4.62. The molecule has 0 radical (unpaired) electrons. The van der Waals surface area contributed by atoms with Crippen LogP contribution in [-0.4, -0.2) is 22.5 Å². The number of aliphatic hydroxyl groups excluding tert-OH is 1. The summed E-state index contributed by atoms with van der Waals surface area (Å²) in [6, 6.07) is 3.88. The second kappa shape index (κ2) is 5.88. The molecule has 0 aliphatic rings. The average molecular weight is 212 g/mol. The monoisotopic (exact) mass is 212 g/mol. The number of hydrogen-bond donors (Lipinski definition) is 2. The molecule has 3 nitrogen and oxygen atoms in total. The van der Waals surface area contributed by atoms with E-state index >= 15 is 0 Å². The quantitative estimate of drug-likeness (QED) is 0.777. The number of nitrogens with zero attached hydrogens (tertiary/aromatic N) is 1. The van der Waals surface area contributed by atoms with Gasteiger partial charge in [-0.25, -0.2) is 4.98 Å². The molecule has 1 aromatic rings. The van der Waals surface area contributed by atoms with Crippen LogP contribution in [0.3, 0.4) is 0 Å². The minimum absolute atomic E-state index is 0.246. The maximum atomic E-state index is 8.84. The van der Waals surface area contributed by atoms with Gasteiger partial charge in [-0.15, -0.1) is 0 Å². The molecule has 78 valence electrons. The summed E-state index contributed by atoms with van der Waals surface area (Å²) in [5, 5.41) is 8.84. The lowest BCUT2D eigenvalue weighted by Gasteiger charge is -2.07. The van der Waals surface area contributed by atoms with Crippen LogP contribution in [0.25, 0.3) is 0 Å². The van der Waals surface area contributed by atoms with Crippen molar-refractivity contribution in [2.75, 3.05) is 18.1 Å². The SMILES string of the molecule is CC(CO)CSCc1cccnc1N. The van der Waals surface area contributed by atoms with Crippen LogP contribution < -0.4 is 5.73 Å². The van der Waals surface area contributed by atoms with Gasteiger partial charge in [-0.05, 0) is 17.7 Å². The molecule has 0 spiro atoms. The van der Waals surface area contributed by atoms with E-state index in [4.69, 9.17) is 10.8 Å². The fourth-order valence-corrected chi connectivity index (χ4v) is 2.09. The van der Waals surface area contributed by atoms with Crippen LogP contribution in [-0.2, 0) is 5.75 Å². The highest BCUT2D eigenvalue weighted by Crippen LogP contribution is 2.18. The van der Waals surface area contributed by atoms with Crippen molar-refractivity contribution < 1.29 is 5.11 Å². The molecule has 1 unspecified atom stereocenters. The average Bonchev–Trinajstić information content (AvgIpc) is 2.20. The van der Waals surface area contributed by atoms with Crippen molar-refractivity contribution in [2.24, 2.45) is 5.92 Å². The Morgan fingerprint density at radius 3 is 3.07 bits per heavy atom. The van der Waals surface area contributed by atoms with Gasteiger partial charge in [-0.3, -0.25) is 0 Å². The summed E-state index contributed by atoms with van der Waals surface area (Å²) in [6.07, 6.45) is 1.69. The minimum atomic E-state index is 0.246. The number of aliphatic hydroxyl groups is 1. The zero-order chi connectivity index (χ0) is 10.4. The van der Waals surface area contributed by atoms with Crippen molar-refractivity contribution in [3.05, 3.63) is 23.9 Å². The molecule has 1 atom stereocenters. The number of hydrogen-bond acceptors (Lipinski definition) is 4. The smallest absolute Gasteiger partial charge is 0.127 e. The number of thioether (sulfide) groups is 1. The van der Waals surface area contributed by atoms with E-state index in [1.54, 1.807) is 18.0 Å². The minimum Gasteiger partial charge on any atom is -0.396 e. The summed E-state index contributed by atoms with van der Waals surface area (Å²) in [7, 11) is 0. The van der Waals surface area contributed by atoms with E-state index < -0.39 is 0 Å². The van der Waals surface area contributed by atoms with Gasteiger partial charge in [-0.2, -0.15) is 11.8 Å². The zero-order valence-corrected chi connectivity index (χ0v) is 9.13. The van der Waals surface area contributed by atoms with E-state index in [2.05, 4.69) is 4.98 Å². The molecular formula is C10H16N2OS. The molecule has 0 saturated heterocycles. The normalized spacial score (nSPS) is 12.7. The fourth-order valence-electron chi connectivity index (χ4n) is 0.996. The summed E-state index contributed by atoms with van der Waals surface area (Å²) in [4.78, 5) is 4.01. The van der Waals surface area contributed by atoms with E-state index in [0.717, 1.165) is 17.1 Å². The number of aromatic nitrogens is 1. The lowest BCUT2D eigenvalue weighted by atomic mass is 10.2. The van der Waals surface area contributed by atoms with Crippen LogP contribution in [0.4, 0.5) is 5.82 Å². The van der Waals surface area contributed by atoms with Crippen LogP contribution in [0, 0.1) is 5.92 Å². The Kier molecular flexibility index (Phi) is 4.76. The summed E-state index contributed by atoms with van der Waals surface area (Å²) in [6.45, 7) is 2.27. The second-order valence-corrected chi connectivity index (χ2v) is 4.38. The van der Waals surface area contributed by atoms with Crippen LogP contribution in [0.1, 0.15) is 12.5 Å². The third-order valence-corrected chi connectivity index (χ3v) is 3.22. The van der Waals surface area contributed by atoms with Crippen molar-refractivity contribution in [2.45, 2.75) is 12.7 Å². The van der Waals surface area contributed by atoms with E-state index in [9.17, 15) is 0 Å². The second-order valence-electron chi connectivity index (χ2n) is 3.35. The van der Waals surface area contributed by atoms with Gasteiger partial charge in [-0.1, -0.05) is 13.0 Å². The van der Waals surface area contributed by atoms with Gasteiger partial charge in [0.1, 0.15) is 5.82 Å². The van der Waals surface area contributed by atoms with Gasteiger partial charge >= 0.3 is 0 Å². The zero-order valence-electron chi connectivity index (χ0n) is 8.31. The predicted octanol–water partition coefficient (Wildman–Crippen LogP) is 1.53. The summed E-state index contributed by atoms with van der Waals surface area (Å²) < 4.78 is 0. The molecule has 1 heterocycles. The summed E-state index contributed by atoms with van der Waals surface area (Å²) in [5.74, 6) is 2.77. The molecule has 14 heavy (non-hydrogen) atoms. The Bertz CT molecular complexity index is 281. The number of nitrogens with two attached hydrogens (primary N) is 1. The Morgan fingerprint density at radius 2 is 2.43 bits per heavy atom. The predicted molar refractivity (Wildman–Crippen MR) is 61.1 cm³/mol. The number of rotatable bonds is 5. The maximum Gasteiger partial charge on any atom is 0.127 e. The maximum absolute atomic E-state index is 8.84. The van der Waals surface area contributed by atoms with Crippen molar-refractivity contribution in [1.82, 2.24) is 4.98 Å². The highest BCUT2D eigenvalue weighted by molar-refractivity contribution is 7.98. The third kappa shape index (κ3) is 3.55. The first-order valence-corrected chi connectivity index (χ1v) is 5.77. The number of nitrogen functional groups attached to an aromatic ring is 1. The van der Waals surface area contributed by atoms with Crippen molar-refractivity contribution in [3.63, 3.8) is 0 Å². The van der Waals surface area contributed by atoms with Crippen molar-refractivity contribution in [1.29, 1.82) is 0 Å². The molecule has 0 aliphatic carbocycles. The Labute approximate surface area is 88.7 Å². The molecule has 0 amide bonds. The van der Waals surface area contributed by atoms with E-state index in [0.29, 0.717) is 11.7 Å². The molecular weight excluding hydrogens is 196 g/mol. The van der Waals surface area contributed by atoms with Crippen LogP contribution in [0.2, 0.25) is 0 Å². The lowest BCUT2D eigenvalue weighted by molar-refractivity contribution is 0.250. The summed E-state index contributed by atoms with van der Waals surface area (Å²) in [5.41, 5.74) is 6.77. The van der Waals surface area contributed by atoms with Gasteiger partial charge in [0.2, 0.25) is 0 Å². The molecule has 1 aromatic heterocycles. The molecule has 4 heteroatoms. The number of pyridine rings is 1. The van der Waals surface area contributed by atoms with E-state index in [1.807, 2.05) is 19.1 Å². The molecule has 0 saturated carbocycles. The van der Waals surface area contributed by atoms with Gasteiger partial charge in [0.15, 0.2) is 0 Å². The highest BCUT2D eigenvalue weighted by Gasteiger charge is 2.02. The first kappa shape index (κ1) is 11.3. The molecule has 0 bridgehead atoms. The molecule has 3 N–H and O–H groups in total. The van der Waals surface area contributed by atoms with Crippen LogP contribution >= 0.6 is 11.8 Å². The number of anilines is 1. The van der Waals surface area contributed by atoms with Gasteiger partial charge in [0, 0.05) is 24.1 Å². The topological polar surface area (TPSA) is 59.1 Å². The van der Waals surface area contributed by atoms with E-state index in [-0.39, 0.29) is 6.61 Å².